The Balaban J connectivity index is 0.000000311. The minimum absolute atomic E-state index is 0.0185. The predicted molar refractivity (Wildman–Crippen MR) is 114 cm³/mol. The van der Waals surface area contributed by atoms with Crippen molar-refractivity contribution < 1.29 is 19.8 Å². The van der Waals surface area contributed by atoms with E-state index in [9.17, 15) is 19.8 Å². The molecular formula is C20H26N6O4. The Morgan fingerprint density at radius 2 is 1.37 bits per heavy atom. The number of aromatic hydroxyl groups is 2. The molecule has 0 fully saturated rings. The van der Waals surface area contributed by atoms with Gasteiger partial charge in [-0.2, -0.15) is 0 Å². The summed E-state index contributed by atoms with van der Waals surface area (Å²) in [5.41, 5.74) is 21.9. The van der Waals surface area contributed by atoms with Crippen molar-refractivity contribution in [3.8, 4) is 11.5 Å². The molecular weight excluding hydrogens is 388 g/mol. The van der Waals surface area contributed by atoms with Gasteiger partial charge in [0, 0.05) is 11.1 Å². The van der Waals surface area contributed by atoms with Gasteiger partial charge < -0.3 is 33.1 Å². The molecule has 2 rings (SSSR count). The van der Waals surface area contributed by atoms with Crippen LogP contribution in [-0.2, 0) is 6.42 Å². The van der Waals surface area contributed by atoms with Gasteiger partial charge in [-0.25, -0.2) is 0 Å². The molecule has 0 saturated carbocycles. The summed E-state index contributed by atoms with van der Waals surface area (Å²) in [7, 11) is 0. The molecule has 0 aromatic heterocycles. The number of hydrogen-bond acceptors (Lipinski definition) is 6. The molecule has 30 heavy (non-hydrogen) atoms. The molecule has 2 aromatic rings. The van der Waals surface area contributed by atoms with Gasteiger partial charge in [-0.3, -0.25) is 20.4 Å². The van der Waals surface area contributed by atoms with Gasteiger partial charge >= 0.3 is 0 Å². The zero-order valence-electron chi connectivity index (χ0n) is 16.5. The number of rotatable bonds is 7. The molecule has 0 saturated heterocycles. The Kier molecular flexibility index (Phi) is 8.35. The number of phenols is 2. The maximum Gasteiger partial charge on any atom is 0.249 e. The molecule has 0 spiro atoms. The van der Waals surface area contributed by atoms with Gasteiger partial charge in [0.1, 0.15) is 23.2 Å². The molecule has 10 heteroatoms. The van der Waals surface area contributed by atoms with Gasteiger partial charge in [0.2, 0.25) is 11.8 Å². The van der Waals surface area contributed by atoms with Crippen molar-refractivity contribution >= 4 is 23.5 Å². The second-order valence-electron chi connectivity index (χ2n) is 6.34. The van der Waals surface area contributed by atoms with E-state index in [1.807, 2.05) is 6.92 Å². The van der Waals surface area contributed by atoms with E-state index in [0.29, 0.717) is 12.0 Å². The number of hydrogen-bond donors (Lipinski definition) is 8. The molecule has 10 nitrogen and oxygen atoms in total. The number of phenolic OH excluding ortho intramolecular Hbond substituents is 2. The number of nitrogen functional groups attached to an aromatic ring is 2. The van der Waals surface area contributed by atoms with Gasteiger partial charge in [-0.1, -0.05) is 19.4 Å². The quantitative estimate of drug-likeness (QED) is 0.242. The Morgan fingerprint density at radius 3 is 1.80 bits per heavy atom. The smallest absolute Gasteiger partial charge is 0.249 e. The monoisotopic (exact) mass is 414 g/mol. The van der Waals surface area contributed by atoms with Crippen molar-refractivity contribution in [2.75, 3.05) is 0 Å². The third-order valence-corrected chi connectivity index (χ3v) is 4.18. The Morgan fingerprint density at radius 1 is 0.833 bits per heavy atom. The molecule has 12 N–H and O–H groups in total. The molecule has 2 amide bonds. The summed E-state index contributed by atoms with van der Waals surface area (Å²) in [6, 6.07) is 7.01. The second kappa shape index (κ2) is 10.5. The number of unbranched alkanes of at least 4 members (excludes halogenated alkanes) is 1. The Bertz CT molecular complexity index is 988. The number of amides is 2. The highest BCUT2D eigenvalue weighted by molar-refractivity contribution is 6.09. The molecule has 0 aliphatic rings. The van der Waals surface area contributed by atoms with Crippen LogP contribution in [0.25, 0.3) is 0 Å². The van der Waals surface area contributed by atoms with Gasteiger partial charge in [-0.15, -0.1) is 0 Å². The summed E-state index contributed by atoms with van der Waals surface area (Å²) in [4.78, 5) is 22.1. The van der Waals surface area contributed by atoms with Crippen LogP contribution in [0.1, 0.15) is 57.2 Å². The van der Waals surface area contributed by atoms with Crippen LogP contribution in [0.4, 0.5) is 0 Å². The summed E-state index contributed by atoms with van der Waals surface area (Å²) >= 11 is 0. The SMILES string of the molecule is CCCCc1c(O)ccc(C(N)=O)c1C(=N)N.N=C(N)c1c(O)cccc1C(N)=O. The zero-order chi connectivity index (χ0) is 23.0. The highest BCUT2D eigenvalue weighted by atomic mass is 16.3. The zero-order valence-corrected chi connectivity index (χ0v) is 16.5. The van der Waals surface area contributed by atoms with Crippen molar-refractivity contribution in [3.63, 3.8) is 0 Å². The first kappa shape index (κ1) is 24.0. The highest BCUT2D eigenvalue weighted by Gasteiger charge is 2.18. The molecule has 0 heterocycles. The number of nitrogens with two attached hydrogens (primary N) is 4. The Labute approximate surface area is 173 Å². The lowest BCUT2D eigenvalue weighted by Gasteiger charge is -2.13. The highest BCUT2D eigenvalue weighted by Crippen LogP contribution is 2.26. The van der Waals surface area contributed by atoms with Crippen LogP contribution in [0.2, 0.25) is 0 Å². The summed E-state index contributed by atoms with van der Waals surface area (Å²) in [5.74, 6) is -2.17. The van der Waals surface area contributed by atoms with Crippen LogP contribution >= 0.6 is 0 Å². The van der Waals surface area contributed by atoms with Crippen molar-refractivity contribution in [2.24, 2.45) is 22.9 Å². The third-order valence-electron chi connectivity index (χ3n) is 4.18. The van der Waals surface area contributed by atoms with Gasteiger partial charge in [-0.05, 0) is 37.1 Å². The fraction of sp³-hybridized carbons (Fsp3) is 0.200. The van der Waals surface area contributed by atoms with Crippen LogP contribution in [-0.4, -0.2) is 33.7 Å². The summed E-state index contributed by atoms with van der Waals surface area (Å²) in [6.45, 7) is 2.02. The number of amidine groups is 2. The number of primary amides is 2. The Hall–Kier alpha value is -4.08. The lowest BCUT2D eigenvalue weighted by Crippen LogP contribution is -2.22. The molecule has 0 radical (unpaired) electrons. The summed E-state index contributed by atoms with van der Waals surface area (Å²) < 4.78 is 0. The minimum Gasteiger partial charge on any atom is -0.508 e. The van der Waals surface area contributed by atoms with Crippen molar-refractivity contribution in [3.05, 3.63) is 58.1 Å². The van der Waals surface area contributed by atoms with Crippen LogP contribution in [0.15, 0.2) is 30.3 Å². The van der Waals surface area contributed by atoms with E-state index in [1.54, 1.807) is 0 Å². The molecule has 160 valence electrons. The summed E-state index contributed by atoms with van der Waals surface area (Å²) in [5, 5.41) is 33.7. The standard InChI is InChI=1S/C12H17N3O2.C8H9N3O2/c1-2-3-4-7-9(16)6-5-8(12(15)17)10(7)11(13)14;9-7(10)6-4(8(11)13)2-1-3-5(6)12/h5-6,16H,2-4H2,1H3,(H3,13,14)(H2,15,17);1-3,12H,(H3,9,10)(H2,11,13). The number of carbonyl (C=O) groups excluding carboxylic acids is 2. The maximum atomic E-state index is 11.3. The predicted octanol–water partition coefficient (Wildman–Crippen LogP) is 0.893. The normalized spacial score (nSPS) is 9.90. The van der Waals surface area contributed by atoms with Crippen LogP contribution in [0.5, 0.6) is 11.5 Å². The second-order valence-corrected chi connectivity index (χ2v) is 6.34. The number of nitrogens with one attached hydrogen (secondary N) is 2. The van der Waals surface area contributed by atoms with E-state index in [2.05, 4.69) is 0 Å². The van der Waals surface area contributed by atoms with E-state index < -0.39 is 11.8 Å². The minimum atomic E-state index is -0.721. The van der Waals surface area contributed by atoms with E-state index in [4.69, 9.17) is 33.8 Å². The van der Waals surface area contributed by atoms with Crippen LogP contribution in [0, 0.1) is 10.8 Å². The first-order valence-corrected chi connectivity index (χ1v) is 8.98. The molecule has 2 aromatic carbocycles. The van der Waals surface area contributed by atoms with E-state index >= 15 is 0 Å². The maximum absolute atomic E-state index is 11.3. The molecule has 0 atom stereocenters. The average molecular weight is 414 g/mol. The number of carbonyl (C=O) groups is 2. The van der Waals surface area contributed by atoms with Crippen molar-refractivity contribution in [1.29, 1.82) is 10.8 Å². The molecule has 0 unspecified atom stereocenters. The van der Waals surface area contributed by atoms with Crippen LogP contribution in [0.3, 0.4) is 0 Å². The summed E-state index contributed by atoms with van der Waals surface area (Å²) in [6.07, 6.45) is 2.35. The largest absolute Gasteiger partial charge is 0.508 e. The topological polar surface area (TPSA) is 226 Å². The van der Waals surface area contributed by atoms with Gasteiger partial charge in [0.15, 0.2) is 0 Å². The van der Waals surface area contributed by atoms with Crippen LogP contribution < -0.4 is 22.9 Å². The van der Waals surface area contributed by atoms with Crippen molar-refractivity contribution in [1.82, 2.24) is 0 Å². The molecule has 0 aliphatic heterocycles. The van der Waals surface area contributed by atoms with E-state index in [1.165, 1.54) is 30.3 Å². The van der Waals surface area contributed by atoms with Crippen molar-refractivity contribution in [2.45, 2.75) is 26.2 Å². The lowest BCUT2D eigenvalue weighted by molar-refractivity contribution is 0.0991. The molecule has 0 aliphatic carbocycles. The van der Waals surface area contributed by atoms with Gasteiger partial charge in [0.25, 0.3) is 0 Å². The average Bonchev–Trinajstić information content (AvgIpc) is 2.66. The van der Waals surface area contributed by atoms with E-state index in [0.717, 1.165) is 12.8 Å². The van der Waals surface area contributed by atoms with E-state index in [-0.39, 0.29) is 45.4 Å². The third kappa shape index (κ3) is 5.71. The number of benzene rings is 2. The fourth-order valence-electron chi connectivity index (χ4n) is 2.78. The fourth-order valence-corrected chi connectivity index (χ4v) is 2.78. The lowest BCUT2D eigenvalue weighted by atomic mass is 9.95. The molecule has 0 bridgehead atoms. The first-order chi connectivity index (χ1) is 14.0. The first-order valence-electron chi connectivity index (χ1n) is 8.98. The van der Waals surface area contributed by atoms with Gasteiger partial charge in [0.05, 0.1) is 16.7 Å².